The van der Waals surface area contributed by atoms with E-state index in [4.69, 9.17) is 15.2 Å². The van der Waals surface area contributed by atoms with Crippen LogP contribution in [0.15, 0.2) is 42.5 Å². The summed E-state index contributed by atoms with van der Waals surface area (Å²) in [6.45, 7) is 7.35. The quantitative estimate of drug-likeness (QED) is 0.640. The van der Waals surface area contributed by atoms with E-state index in [-0.39, 0.29) is 0 Å². The van der Waals surface area contributed by atoms with E-state index in [1.165, 1.54) is 5.56 Å². The number of hydrogen-bond acceptors (Lipinski definition) is 3. The van der Waals surface area contributed by atoms with Gasteiger partial charge in [-0.25, -0.2) is 0 Å². The molecule has 2 aromatic carbocycles. The van der Waals surface area contributed by atoms with Crippen LogP contribution in [0.2, 0.25) is 0 Å². The molecule has 0 radical (unpaired) electrons. The van der Waals surface area contributed by atoms with Gasteiger partial charge in [-0.3, -0.25) is 0 Å². The molecule has 21 heavy (non-hydrogen) atoms. The van der Waals surface area contributed by atoms with Gasteiger partial charge in [-0.15, -0.1) is 0 Å². The summed E-state index contributed by atoms with van der Waals surface area (Å²) in [5, 5.41) is 0. The van der Waals surface area contributed by atoms with Gasteiger partial charge < -0.3 is 15.2 Å². The topological polar surface area (TPSA) is 44.5 Å². The lowest BCUT2D eigenvalue weighted by Crippen LogP contribution is -2.10. The molecule has 0 bridgehead atoms. The van der Waals surface area contributed by atoms with E-state index in [2.05, 4.69) is 26.0 Å². The fraction of sp³-hybridized carbons (Fsp3) is 0.333. The number of rotatable bonds is 6. The second-order valence-electron chi connectivity index (χ2n) is 5.45. The molecule has 0 atom stereocenters. The summed E-state index contributed by atoms with van der Waals surface area (Å²) in [5.74, 6) is 2.20. The fourth-order valence-electron chi connectivity index (χ4n) is 2.05. The Balaban J connectivity index is 1.84. The number of nitrogen functional groups attached to an aromatic ring is 1. The average Bonchev–Trinajstić information content (AvgIpc) is 2.47. The van der Waals surface area contributed by atoms with Crippen molar-refractivity contribution < 1.29 is 9.47 Å². The van der Waals surface area contributed by atoms with Crippen LogP contribution in [0.4, 0.5) is 5.69 Å². The van der Waals surface area contributed by atoms with Crippen LogP contribution in [0, 0.1) is 6.92 Å². The SMILES string of the molecule is Cc1ccc(N)cc1OCCOc1cccc(C(C)C)c1. The predicted octanol–water partition coefficient (Wildman–Crippen LogP) is 4.16. The van der Waals surface area contributed by atoms with Crippen molar-refractivity contribution in [2.24, 2.45) is 0 Å². The lowest BCUT2D eigenvalue weighted by Gasteiger charge is -2.12. The van der Waals surface area contributed by atoms with Gasteiger partial charge in [-0.2, -0.15) is 0 Å². The third-order valence-corrected chi connectivity index (χ3v) is 3.35. The van der Waals surface area contributed by atoms with E-state index >= 15 is 0 Å². The molecular formula is C18H23NO2. The maximum atomic E-state index is 5.76. The molecule has 0 aliphatic rings. The van der Waals surface area contributed by atoms with E-state index in [1.807, 2.05) is 37.3 Å². The Morgan fingerprint density at radius 2 is 1.76 bits per heavy atom. The van der Waals surface area contributed by atoms with Crippen LogP contribution in [0.3, 0.4) is 0 Å². The number of aryl methyl sites for hydroxylation is 1. The summed E-state index contributed by atoms with van der Waals surface area (Å²) < 4.78 is 11.4. The van der Waals surface area contributed by atoms with Gasteiger partial charge in [-0.1, -0.05) is 32.0 Å². The van der Waals surface area contributed by atoms with Crippen molar-refractivity contribution >= 4 is 5.69 Å². The Labute approximate surface area is 126 Å². The molecule has 0 aromatic heterocycles. The standard InChI is InChI=1S/C18H23NO2/c1-13(2)15-5-4-6-17(11-15)20-9-10-21-18-12-16(19)8-7-14(18)3/h4-8,11-13H,9-10,19H2,1-3H3. The van der Waals surface area contributed by atoms with Crippen molar-refractivity contribution in [3.8, 4) is 11.5 Å². The van der Waals surface area contributed by atoms with Crippen LogP contribution >= 0.6 is 0 Å². The lowest BCUT2D eigenvalue weighted by molar-refractivity contribution is 0.216. The number of anilines is 1. The molecule has 0 saturated carbocycles. The molecule has 2 N–H and O–H groups in total. The zero-order chi connectivity index (χ0) is 15.2. The lowest BCUT2D eigenvalue weighted by atomic mass is 10.0. The number of benzene rings is 2. The van der Waals surface area contributed by atoms with Crippen LogP contribution in [0.25, 0.3) is 0 Å². The van der Waals surface area contributed by atoms with Gasteiger partial charge in [0.05, 0.1) is 0 Å². The summed E-state index contributed by atoms with van der Waals surface area (Å²) in [4.78, 5) is 0. The zero-order valence-electron chi connectivity index (χ0n) is 12.9. The number of ether oxygens (including phenoxy) is 2. The molecule has 0 unspecified atom stereocenters. The second-order valence-corrected chi connectivity index (χ2v) is 5.45. The predicted molar refractivity (Wildman–Crippen MR) is 87.1 cm³/mol. The van der Waals surface area contributed by atoms with Crippen molar-refractivity contribution in [2.45, 2.75) is 26.7 Å². The highest BCUT2D eigenvalue weighted by Gasteiger charge is 2.02. The van der Waals surface area contributed by atoms with Crippen LogP contribution in [-0.4, -0.2) is 13.2 Å². The number of hydrogen-bond donors (Lipinski definition) is 1. The first-order valence-corrected chi connectivity index (χ1v) is 7.28. The second kappa shape index (κ2) is 7.02. The first-order chi connectivity index (χ1) is 10.1. The maximum absolute atomic E-state index is 5.76. The molecule has 2 rings (SSSR count). The molecule has 0 aliphatic carbocycles. The van der Waals surface area contributed by atoms with Crippen LogP contribution in [0.1, 0.15) is 30.9 Å². The van der Waals surface area contributed by atoms with Crippen molar-refractivity contribution in [1.82, 2.24) is 0 Å². The average molecular weight is 285 g/mol. The molecule has 0 heterocycles. The Bertz CT molecular complexity index is 594. The minimum atomic E-state index is 0.496. The van der Waals surface area contributed by atoms with E-state index in [0.29, 0.717) is 24.8 Å². The van der Waals surface area contributed by atoms with E-state index in [0.717, 1.165) is 17.1 Å². The Kier molecular flexibility index (Phi) is 5.09. The first-order valence-electron chi connectivity index (χ1n) is 7.28. The molecule has 3 heteroatoms. The zero-order valence-corrected chi connectivity index (χ0v) is 12.9. The molecule has 0 saturated heterocycles. The van der Waals surface area contributed by atoms with Crippen molar-refractivity contribution in [2.75, 3.05) is 18.9 Å². The monoisotopic (exact) mass is 285 g/mol. The maximum Gasteiger partial charge on any atom is 0.124 e. The Morgan fingerprint density at radius 1 is 1.00 bits per heavy atom. The van der Waals surface area contributed by atoms with Gasteiger partial charge in [0.1, 0.15) is 24.7 Å². The third-order valence-electron chi connectivity index (χ3n) is 3.35. The Morgan fingerprint density at radius 3 is 2.52 bits per heavy atom. The van der Waals surface area contributed by atoms with Crippen molar-refractivity contribution in [1.29, 1.82) is 0 Å². The largest absolute Gasteiger partial charge is 0.490 e. The molecule has 0 spiro atoms. The van der Waals surface area contributed by atoms with E-state index in [1.54, 1.807) is 0 Å². The van der Waals surface area contributed by atoms with Gasteiger partial charge in [-0.05, 0) is 42.2 Å². The highest BCUT2D eigenvalue weighted by Crippen LogP contribution is 2.22. The Hall–Kier alpha value is -2.16. The molecule has 0 aliphatic heterocycles. The highest BCUT2D eigenvalue weighted by atomic mass is 16.5. The highest BCUT2D eigenvalue weighted by molar-refractivity contribution is 5.47. The fourth-order valence-corrected chi connectivity index (χ4v) is 2.05. The summed E-state index contributed by atoms with van der Waals surface area (Å²) in [6.07, 6.45) is 0. The molecule has 3 nitrogen and oxygen atoms in total. The van der Waals surface area contributed by atoms with Gasteiger partial charge in [0.2, 0.25) is 0 Å². The summed E-state index contributed by atoms with van der Waals surface area (Å²) in [6, 6.07) is 13.9. The van der Waals surface area contributed by atoms with Crippen molar-refractivity contribution in [3.63, 3.8) is 0 Å². The normalized spacial score (nSPS) is 10.7. The van der Waals surface area contributed by atoms with E-state index in [9.17, 15) is 0 Å². The van der Waals surface area contributed by atoms with E-state index < -0.39 is 0 Å². The van der Waals surface area contributed by atoms with Gasteiger partial charge in [0, 0.05) is 11.8 Å². The summed E-state index contributed by atoms with van der Waals surface area (Å²) in [5.41, 5.74) is 8.82. The van der Waals surface area contributed by atoms with Gasteiger partial charge >= 0.3 is 0 Å². The molecule has 112 valence electrons. The first kappa shape index (κ1) is 15.2. The van der Waals surface area contributed by atoms with Crippen LogP contribution in [-0.2, 0) is 0 Å². The number of nitrogens with two attached hydrogens (primary N) is 1. The summed E-state index contributed by atoms with van der Waals surface area (Å²) in [7, 11) is 0. The minimum Gasteiger partial charge on any atom is -0.490 e. The molecule has 0 fully saturated rings. The molecule has 2 aromatic rings. The van der Waals surface area contributed by atoms with Crippen LogP contribution in [0.5, 0.6) is 11.5 Å². The van der Waals surface area contributed by atoms with Crippen molar-refractivity contribution in [3.05, 3.63) is 53.6 Å². The molecular weight excluding hydrogens is 262 g/mol. The summed E-state index contributed by atoms with van der Waals surface area (Å²) >= 11 is 0. The van der Waals surface area contributed by atoms with Gasteiger partial charge in [0.15, 0.2) is 0 Å². The smallest absolute Gasteiger partial charge is 0.124 e. The van der Waals surface area contributed by atoms with Gasteiger partial charge in [0.25, 0.3) is 0 Å². The third kappa shape index (κ3) is 4.42. The molecule has 0 amide bonds. The minimum absolute atomic E-state index is 0.496. The van der Waals surface area contributed by atoms with Crippen LogP contribution < -0.4 is 15.2 Å².